The third-order valence-corrected chi connectivity index (χ3v) is 3.15. The van der Waals surface area contributed by atoms with Gasteiger partial charge in [-0.25, -0.2) is 0 Å². The molecule has 0 bridgehead atoms. The first-order valence-corrected chi connectivity index (χ1v) is 6.16. The van der Waals surface area contributed by atoms with Crippen molar-refractivity contribution in [3.05, 3.63) is 30.0 Å². The second-order valence-electron chi connectivity index (χ2n) is 4.23. The number of benzene rings is 1. The van der Waals surface area contributed by atoms with Crippen LogP contribution in [-0.4, -0.2) is 18.2 Å². The van der Waals surface area contributed by atoms with Crippen molar-refractivity contribution in [3.8, 4) is 5.75 Å². The predicted molar refractivity (Wildman–Crippen MR) is 71.5 cm³/mol. The Balaban J connectivity index is 2.48. The highest BCUT2D eigenvalue weighted by Gasteiger charge is 2.07. The average Bonchev–Trinajstić information content (AvgIpc) is 2.73. The Morgan fingerprint density at radius 2 is 2.18 bits per heavy atom. The summed E-state index contributed by atoms with van der Waals surface area (Å²) in [4.78, 5) is 0. The summed E-state index contributed by atoms with van der Waals surface area (Å²) < 4.78 is 7.58. The van der Waals surface area contributed by atoms with E-state index >= 15 is 0 Å². The lowest BCUT2D eigenvalue weighted by Gasteiger charge is -2.04. The maximum atomic E-state index is 5.57. The molecule has 0 saturated heterocycles. The highest BCUT2D eigenvalue weighted by atomic mass is 16.5. The molecular formula is C14H20N2O. The first kappa shape index (κ1) is 12.0. The van der Waals surface area contributed by atoms with Crippen molar-refractivity contribution in [1.82, 2.24) is 4.57 Å². The van der Waals surface area contributed by atoms with Crippen LogP contribution in [0.3, 0.4) is 0 Å². The zero-order chi connectivity index (χ0) is 12.3. The van der Waals surface area contributed by atoms with Crippen molar-refractivity contribution < 1.29 is 4.74 Å². The van der Waals surface area contributed by atoms with Crippen molar-refractivity contribution >= 4 is 10.9 Å². The van der Waals surface area contributed by atoms with Gasteiger partial charge in [0.05, 0.1) is 7.11 Å². The van der Waals surface area contributed by atoms with Crippen LogP contribution in [0.25, 0.3) is 10.9 Å². The molecule has 0 aliphatic heterocycles. The number of fused-ring (bicyclic) bond motifs is 1. The Hall–Kier alpha value is -1.48. The van der Waals surface area contributed by atoms with Gasteiger partial charge in [0.1, 0.15) is 5.75 Å². The molecule has 1 aromatic heterocycles. The van der Waals surface area contributed by atoms with Crippen molar-refractivity contribution in [3.63, 3.8) is 0 Å². The first-order chi connectivity index (χ1) is 8.30. The van der Waals surface area contributed by atoms with Gasteiger partial charge >= 0.3 is 0 Å². The number of aryl methyl sites for hydroxylation is 2. The van der Waals surface area contributed by atoms with Crippen LogP contribution in [0.15, 0.2) is 24.4 Å². The number of aromatic nitrogens is 1. The Labute approximate surface area is 102 Å². The predicted octanol–water partition coefficient (Wildman–Crippen LogP) is 2.56. The summed E-state index contributed by atoms with van der Waals surface area (Å²) in [6, 6.07) is 6.26. The van der Waals surface area contributed by atoms with E-state index in [-0.39, 0.29) is 0 Å². The fourth-order valence-corrected chi connectivity index (χ4v) is 2.21. The Kier molecular flexibility index (Phi) is 3.69. The van der Waals surface area contributed by atoms with Crippen molar-refractivity contribution in [2.75, 3.05) is 13.7 Å². The lowest BCUT2D eigenvalue weighted by atomic mass is 10.1. The zero-order valence-corrected chi connectivity index (χ0v) is 10.6. The van der Waals surface area contributed by atoms with Crippen LogP contribution >= 0.6 is 0 Å². The van der Waals surface area contributed by atoms with E-state index in [1.165, 1.54) is 16.5 Å². The smallest absolute Gasteiger partial charge is 0.119 e. The number of nitrogens with two attached hydrogens (primary N) is 1. The highest BCUT2D eigenvalue weighted by Crippen LogP contribution is 2.26. The molecule has 0 unspecified atom stereocenters. The summed E-state index contributed by atoms with van der Waals surface area (Å²) in [6.45, 7) is 3.90. The lowest BCUT2D eigenvalue weighted by Crippen LogP contribution is -2.04. The third kappa shape index (κ3) is 2.29. The number of nitrogens with zero attached hydrogens (tertiary/aromatic N) is 1. The van der Waals surface area contributed by atoms with E-state index in [1.54, 1.807) is 7.11 Å². The summed E-state index contributed by atoms with van der Waals surface area (Å²) in [5.41, 5.74) is 8.22. The zero-order valence-electron chi connectivity index (χ0n) is 10.6. The molecule has 0 atom stereocenters. The van der Waals surface area contributed by atoms with E-state index in [1.807, 2.05) is 6.07 Å². The van der Waals surface area contributed by atoms with Crippen LogP contribution in [0.4, 0.5) is 0 Å². The summed E-state index contributed by atoms with van der Waals surface area (Å²) in [7, 11) is 1.71. The molecule has 0 aliphatic carbocycles. The monoisotopic (exact) mass is 232 g/mol. The molecule has 0 spiro atoms. The molecular weight excluding hydrogens is 212 g/mol. The molecule has 17 heavy (non-hydrogen) atoms. The SMILES string of the molecule is CCc1cn(CCCN)c2ccc(OC)cc12. The van der Waals surface area contributed by atoms with Gasteiger partial charge in [-0.1, -0.05) is 6.92 Å². The summed E-state index contributed by atoms with van der Waals surface area (Å²) >= 11 is 0. The summed E-state index contributed by atoms with van der Waals surface area (Å²) in [5.74, 6) is 0.920. The quantitative estimate of drug-likeness (QED) is 0.860. The van der Waals surface area contributed by atoms with Crippen LogP contribution in [0.2, 0.25) is 0 Å². The van der Waals surface area contributed by atoms with Crippen LogP contribution in [-0.2, 0) is 13.0 Å². The van der Waals surface area contributed by atoms with E-state index in [2.05, 4.69) is 29.8 Å². The number of rotatable bonds is 5. The molecule has 0 saturated carbocycles. The molecule has 2 aromatic rings. The first-order valence-electron chi connectivity index (χ1n) is 6.16. The molecule has 2 rings (SSSR count). The molecule has 3 heteroatoms. The molecule has 1 aromatic carbocycles. The van der Waals surface area contributed by atoms with E-state index in [4.69, 9.17) is 10.5 Å². The number of hydrogen-bond acceptors (Lipinski definition) is 2. The van der Waals surface area contributed by atoms with Gasteiger partial charge in [-0.3, -0.25) is 0 Å². The minimum atomic E-state index is 0.733. The highest BCUT2D eigenvalue weighted by molar-refractivity contribution is 5.85. The van der Waals surface area contributed by atoms with Crippen LogP contribution in [0.1, 0.15) is 18.9 Å². The van der Waals surface area contributed by atoms with E-state index < -0.39 is 0 Å². The molecule has 1 heterocycles. The van der Waals surface area contributed by atoms with Crippen LogP contribution in [0.5, 0.6) is 5.75 Å². The number of hydrogen-bond donors (Lipinski definition) is 1. The van der Waals surface area contributed by atoms with Gasteiger partial charge in [0.15, 0.2) is 0 Å². The van der Waals surface area contributed by atoms with Crippen LogP contribution in [0, 0.1) is 0 Å². The fraction of sp³-hybridized carbons (Fsp3) is 0.429. The lowest BCUT2D eigenvalue weighted by molar-refractivity contribution is 0.415. The maximum Gasteiger partial charge on any atom is 0.119 e. The van der Waals surface area contributed by atoms with Gasteiger partial charge in [0.25, 0.3) is 0 Å². The maximum absolute atomic E-state index is 5.57. The molecule has 2 N–H and O–H groups in total. The largest absolute Gasteiger partial charge is 0.497 e. The molecule has 92 valence electrons. The minimum Gasteiger partial charge on any atom is -0.497 e. The Morgan fingerprint density at radius 1 is 1.35 bits per heavy atom. The molecule has 0 amide bonds. The number of methoxy groups -OCH3 is 1. The van der Waals surface area contributed by atoms with Gasteiger partial charge in [-0.05, 0) is 43.1 Å². The molecule has 0 radical (unpaired) electrons. The Morgan fingerprint density at radius 3 is 2.82 bits per heavy atom. The second-order valence-corrected chi connectivity index (χ2v) is 4.23. The Bertz CT molecular complexity index is 502. The van der Waals surface area contributed by atoms with Crippen molar-refractivity contribution in [1.29, 1.82) is 0 Å². The van der Waals surface area contributed by atoms with Gasteiger partial charge in [-0.2, -0.15) is 0 Å². The van der Waals surface area contributed by atoms with Gasteiger partial charge in [-0.15, -0.1) is 0 Å². The third-order valence-electron chi connectivity index (χ3n) is 3.15. The van der Waals surface area contributed by atoms with E-state index in [9.17, 15) is 0 Å². The minimum absolute atomic E-state index is 0.733. The standard InChI is InChI=1S/C14H20N2O/c1-3-11-10-16(8-4-7-15)14-6-5-12(17-2)9-13(11)14/h5-6,9-10H,3-4,7-8,15H2,1-2H3. The van der Waals surface area contributed by atoms with E-state index in [0.29, 0.717) is 0 Å². The van der Waals surface area contributed by atoms with Gasteiger partial charge in [0, 0.05) is 23.6 Å². The summed E-state index contributed by atoms with van der Waals surface area (Å²) in [5, 5.41) is 1.30. The number of ether oxygens (including phenoxy) is 1. The average molecular weight is 232 g/mol. The van der Waals surface area contributed by atoms with Gasteiger partial charge < -0.3 is 15.0 Å². The van der Waals surface area contributed by atoms with Gasteiger partial charge in [0.2, 0.25) is 0 Å². The fourth-order valence-electron chi connectivity index (χ4n) is 2.21. The molecule has 0 fully saturated rings. The van der Waals surface area contributed by atoms with Crippen molar-refractivity contribution in [2.45, 2.75) is 26.3 Å². The molecule has 0 aliphatic rings. The van der Waals surface area contributed by atoms with E-state index in [0.717, 1.165) is 31.7 Å². The topological polar surface area (TPSA) is 40.2 Å². The normalized spacial score (nSPS) is 11.0. The van der Waals surface area contributed by atoms with Crippen LogP contribution < -0.4 is 10.5 Å². The second kappa shape index (κ2) is 5.23. The van der Waals surface area contributed by atoms with Crippen molar-refractivity contribution in [2.24, 2.45) is 5.73 Å². The summed E-state index contributed by atoms with van der Waals surface area (Å²) in [6.07, 6.45) is 4.29. The molecule has 3 nitrogen and oxygen atoms in total.